The first-order valence-corrected chi connectivity index (χ1v) is 18.3. The fourth-order valence-corrected chi connectivity index (χ4v) is 6.06. The maximum Gasteiger partial charge on any atom is 0.290 e. The molecular weight excluding hydrogens is 699 g/mol. The zero-order chi connectivity index (χ0) is 37.9. The summed E-state index contributed by atoms with van der Waals surface area (Å²) in [4.78, 5) is 15.0. The van der Waals surface area contributed by atoms with Crippen molar-refractivity contribution in [3.63, 3.8) is 0 Å². The van der Waals surface area contributed by atoms with Crippen molar-refractivity contribution >= 4 is 29.7 Å². The highest BCUT2D eigenvalue weighted by molar-refractivity contribution is 6.35. The van der Waals surface area contributed by atoms with E-state index < -0.39 is 0 Å². The van der Waals surface area contributed by atoms with Crippen molar-refractivity contribution in [2.45, 2.75) is 73.1 Å². The fourth-order valence-electron chi connectivity index (χ4n) is 5.54. The summed E-state index contributed by atoms with van der Waals surface area (Å²) in [5.74, 6) is 2.57. The number of ether oxygens (including phenoxy) is 3. The lowest BCUT2D eigenvalue weighted by atomic mass is 9.96. The Bertz CT molecular complexity index is 1750. The van der Waals surface area contributed by atoms with Gasteiger partial charge in [-0.25, -0.2) is 0 Å². The van der Waals surface area contributed by atoms with Gasteiger partial charge in [0.15, 0.2) is 0 Å². The van der Waals surface area contributed by atoms with Gasteiger partial charge in [0.25, 0.3) is 6.47 Å². The Kier molecular flexibility index (Phi) is 18.3. The van der Waals surface area contributed by atoms with Crippen molar-refractivity contribution in [2.24, 2.45) is 11.7 Å². The number of likely N-dealkylation sites (tertiary alicyclic amines) is 1. The molecule has 0 saturated carbocycles. The number of aromatic nitrogens is 1. The van der Waals surface area contributed by atoms with Crippen LogP contribution in [0.1, 0.15) is 74.3 Å². The van der Waals surface area contributed by atoms with Crippen LogP contribution >= 0.6 is 23.2 Å². The molecule has 5 rings (SSSR count). The second kappa shape index (κ2) is 22.6. The van der Waals surface area contributed by atoms with E-state index in [1.54, 1.807) is 24.4 Å². The van der Waals surface area contributed by atoms with Crippen LogP contribution in [-0.4, -0.2) is 47.7 Å². The van der Waals surface area contributed by atoms with E-state index in [0.29, 0.717) is 46.1 Å². The Morgan fingerprint density at radius 3 is 2.29 bits per heavy atom. The first-order valence-electron chi connectivity index (χ1n) is 17.5. The number of benzene rings is 3. The van der Waals surface area contributed by atoms with Gasteiger partial charge in [-0.3, -0.25) is 9.78 Å². The minimum Gasteiger partial charge on any atom is -0.492 e. The van der Waals surface area contributed by atoms with Gasteiger partial charge in [-0.05, 0) is 80.1 Å². The molecule has 4 aromatic rings. The van der Waals surface area contributed by atoms with Gasteiger partial charge in [0, 0.05) is 48.2 Å². The highest BCUT2D eigenvalue weighted by Crippen LogP contribution is 2.38. The van der Waals surface area contributed by atoms with Crippen molar-refractivity contribution in [1.29, 1.82) is 5.26 Å². The molecule has 52 heavy (non-hydrogen) atoms. The number of nitrogens with two attached hydrogens (primary N) is 1. The number of nitrogens with zero attached hydrogens (tertiary/aromatic N) is 3. The molecule has 1 saturated heterocycles. The molecule has 2 heterocycles. The number of hydrogen-bond acceptors (Lipinski definition) is 8. The lowest BCUT2D eigenvalue weighted by Crippen LogP contribution is -2.31. The first kappa shape index (κ1) is 42.1. The zero-order valence-corrected chi connectivity index (χ0v) is 32.1. The maximum absolute atomic E-state index is 9.16. The lowest BCUT2D eigenvalue weighted by molar-refractivity contribution is -0.122. The van der Waals surface area contributed by atoms with Gasteiger partial charge in [-0.1, -0.05) is 80.7 Å². The summed E-state index contributed by atoms with van der Waals surface area (Å²) in [6.07, 6.45) is 8.07. The third-order valence-corrected chi connectivity index (χ3v) is 8.75. The molecule has 0 radical (unpaired) electrons. The quantitative estimate of drug-likeness (QED) is 0.101. The van der Waals surface area contributed by atoms with Gasteiger partial charge in [0.1, 0.15) is 36.5 Å². The van der Waals surface area contributed by atoms with Crippen LogP contribution in [0, 0.1) is 24.2 Å². The van der Waals surface area contributed by atoms with Crippen LogP contribution in [0.15, 0.2) is 67.0 Å². The van der Waals surface area contributed by atoms with Crippen LogP contribution in [0.4, 0.5) is 0 Å². The summed E-state index contributed by atoms with van der Waals surface area (Å²) in [7, 11) is 0. The average Bonchev–Trinajstić information content (AvgIpc) is 3.14. The van der Waals surface area contributed by atoms with Gasteiger partial charge in [-0.2, -0.15) is 5.26 Å². The van der Waals surface area contributed by atoms with Crippen LogP contribution in [0.5, 0.6) is 17.2 Å². The second-order valence-electron chi connectivity index (χ2n) is 13.0. The molecule has 1 fully saturated rings. The summed E-state index contributed by atoms with van der Waals surface area (Å²) < 4.78 is 18.4. The number of rotatable bonds is 13. The van der Waals surface area contributed by atoms with Crippen LogP contribution < -0.4 is 19.9 Å². The van der Waals surface area contributed by atoms with E-state index in [-0.39, 0.29) is 19.6 Å². The minimum absolute atomic E-state index is 0.222. The predicted molar refractivity (Wildman–Crippen MR) is 208 cm³/mol. The molecule has 0 bridgehead atoms. The Labute approximate surface area is 318 Å². The first-order chi connectivity index (χ1) is 25.1. The number of piperidine rings is 1. The molecule has 0 atom stereocenters. The monoisotopic (exact) mass is 748 g/mol. The van der Waals surface area contributed by atoms with Crippen LogP contribution in [0.3, 0.4) is 0 Å². The molecule has 3 aromatic carbocycles. The van der Waals surface area contributed by atoms with Crippen molar-refractivity contribution in [1.82, 2.24) is 9.88 Å². The molecule has 0 unspecified atom stereocenters. The van der Waals surface area contributed by atoms with Crippen LogP contribution in [-0.2, 0) is 24.6 Å². The Balaban J connectivity index is 0.000000959. The van der Waals surface area contributed by atoms with E-state index in [2.05, 4.69) is 49.7 Å². The van der Waals surface area contributed by atoms with E-state index in [4.69, 9.17) is 58.3 Å². The third-order valence-electron chi connectivity index (χ3n) is 8.06. The van der Waals surface area contributed by atoms with Gasteiger partial charge in [0.05, 0.1) is 22.2 Å². The highest BCUT2D eigenvalue weighted by atomic mass is 35.5. The Hall–Kier alpha value is -4.33. The minimum atomic E-state index is -0.250. The van der Waals surface area contributed by atoms with E-state index in [9.17, 15) is 0 Å². The third kappa shape index (κ3) is 13.3. The number of carbonyl (C=O) groups is 1. The predicted octanol–water partition coefficient (Wildman–Crippen LogP) is 9.47. The maximum atomic E-state index is 9.16. The molecule has 0 spiro atoms. The molecule has 1 aromatic heterocycles. The zero-order valence-electron chi connectivity index (χ0n) is 30.5. The Morgan fingerprint density at radius 2 is 1.60 bits per heavy atom. The summed E-state index contributed by atoms with van der Waals surface area (Å²) in [6.45, 7) is 13.1. The van der Waals surface area contributed by atoms with Crippen LogP contribution in [0.25, 0.3) is 11.1 Å². The van der Waals surface area contributed by atoms with Gasteiger partial charge in [-0.15, -0.1) is 0 Å². The molecule has 278 valence electrons. The van der Waals surface area contributed by atoms with Crippen molar-refractivity contribution in [3.8, 4) is 34.4 Å². The highest BCUT2D eigenvalue weighted by Gasteiger charge is 2.16. The number of halogens is 2. The van der Waals surface area contributed by atoms with E-state index in [1.807, 2.05) is 30.3 Å². The number of carboxylic acid groups (broad SMARTS) is 1. The summed E-state index contributed by atoms with van der Waals surface area (Å²) in [5.41, 5.74) is 11.9. The molecule has 11 heteroatoms. The molecule has 3 N–H and O–H groups in total. The van der Waals surface area contributed by atoms with E-state index in [0.717, 1.165) is 52.3 Å². The fraction of sp³-hybridized carbons (Fsp3) is 0.390. The van der Waals surface area contributed by atoms with Crippen molar-refractivity contribution in [3.05, 3.63) is 105 Å². The molecule has 9 nitrogen and oxygen atoms in total. The van der Waals surface area contributed by atoms with Gasteiger partial charge in [0.2, 0.25) is 0 Å². The Morgan fingerprint density at radius 1 is 0.923 bits per heavy atom. The topological polar surface area (TPSA) is 131 Å². The van der Waals surface area contributed by atoms with E-state index in [1.165, 1.54) is 38.5 Å². The number of hydrogen-bond donors (Lipinski definition) is 2. The molecule has 0 aliphatic carbocycles. The smallest absolute Gasteiger partial charge is 0.290 e. The molecule has 1 aliphatic rings. The molecule has 1 aliphatic heterocycles. The molecular formula is C41H50Cl2N4O5. The van der Waals surface area contributed by atoms with Crippen molar-refractivity contribution in [2.75, 3.05) is 26.2 Å². The number of nitriles is 1. The lowest BCUT2D eigenvalue weighted by Gasteiger charge is -2.26. The van der Waals surface area contributed by atoms with Crippen LogP contribution in [0.2, 0.25) is 10.0 Å². The largest absolute Gasteiger partial charge is 0.492 e. The second-order valence-corrected chi connectivity index (χ2v) is 13.8. The van der Waals surface area contributed by atoms with E-state index >= 15 is 0 Å². The van der Waals surface area contributed by atoms with Gasteiger partial charge >= 0.3 is 0 Å². The van der Waals surface area contributed by atoms with Crippen molar-refractivity contribution < 1.29 is 24.1 Å². The SMILES string of the molecule is CC(C)C.Cc1c(COc2cc(OCc3cncc(C#N)c3)c(CN)cc2Cl)cccc1-c1cccc(OCCCN2CCCCC2)c1Cl.O=CO. The molecule has 0 amide bonds. The summed E-state index contributed by atoms with van der Waals surface area (Å²) >= 11 is 13.5. The summed E-state index contributed by atoms with van der Waals surface area (Å²) in [6, 6.07) is 19.4. The standard InChI is InChI=1S/C36H38Cl2N4O3.C4H10.CH2O2/c1-25-28(24-45-35-18-34(29(20-40)17-32(35)37)44-23-27-16-26(19-39)21-41-22-27)8-5-9-30(25)31-10-6-11-33(36(31)38)43-15-7-14-42-12-3-2-4-13-42;1-4(2)3;2-1-3/h5-6,8-11,16-18,21-22H,2-4,7,12-15,20,23-24,40H2,1H3;4H,1-3H3;1H,(H,2,3). The normalized spacial score (nSPS) is 12.4. The number of pyridine rings is 1. The average molecular weight is 750 g/mol. The van der Waals surface area contributed by atoms with Gasteiger partial charge < -0.3 is 30.0 Å². The summed E-state index contributed by atoms with van der Waals surface area (Å²) in [5, 5.41) is 17.1.